The van der Waals surface area contributed by atoms with Crippen LogP contribution in [0.3, 0.4) is 0 Å². The van der Waals surface area contributed by atoms with Gasteiger partial charge in [-0.2, -0.15) is 13.2 Å². The average Bonchev–Trinajstić information content (AvgIpc) is 2.17. The van der Waals surface area contributed by atoms with Crippen LogP contribution in [0.1, 0.15) is 34.6 Å². The first-order valence-electron chi connectivity index (χ1n) is 6.18. The van der Waals surface area contributed by atoms with Gasteiger partial charge in [-0.1, -0.05) is 0 Å². The molecule has 0 bridgehead atoms. The van der Waals surface area contributed by atoms with E-state index in [1.165, 1.54) is 13.8 Å². The Labute approximate surface area is 121 Å². The number of halogens is 3. The Hall–Kier alpha value is -1.51. The van der Waals surface area contributed by atoms with Crippen LogP contribution in [0.5, 0.6) is 0 Å². The molecule has 2 amide bonds. The predicted octanol–water partition coefficient (Wildman–Crippen LogP) is 1.33. The summed E-state index contributed by atoms with van der Waals surface area (Å²) in [6.45, 7) is 5.54. The number of ether oxygens (including phenoxy) is 1. The summed E-state index contributed by atoms with van der Waals surface area (Å²) in [4.78, 5) is 23.3. The van der Waals surface area contributed by atoms with E-state index in [-0.39, 0.29) is 0 Å². The van der Waals surface area contributed by atoms with Gasteiger partial charge in [0.1, 0.15) is 18.2 Å². The third-order valence-corrected chi connectivity index (χ3v) is 2.09. The molecule has 0 saturated carbocycles. The van der Waals surface area contributed by atoms with E-state index in [1.807, 2.05) is 0 Å². The minimum absolute atomic E-state index is 0.851. The van der Waals surface area contributed by atoms with Crippen molar-refractivity contribution in [3.05, 3.63) is 0 Å². The van der Waals surface area contributed by atoms with Crippen molar-refractivity contribution in [3.63, 3.8) is 0 Å². The average molecular weight is 314 g/mol. The minimum Gasteiger partial charge on any atom is -0.444 e. The summed E-state index contributed by atoms with van der Waals surface area (Å²) in [5.41, 5.74) is -2.62. The molecular weight excluding hydrogens is 293 g/mol. The highest BCUT2D eigenvalue weighted by molar-refractivity contribution is 5.86. The summed E-state index contributed by atoms with van der Waals surface area (Å²) in [6.07, 6.45) is -5.61. The van der Waals surface area contributed by atoms with Crippen molar-refractivity contribution < 1.29 is 32.6 Å². The first kappa shape index (κ1) is 19.5. The topological polar surface area (TPSA) is 87.7 Å². The largest absolute Gasteiger partial charge is 0.444 e. The van der Waals surface area contributed by atoms with Gasteiger partial charge in [-0.15, -0.1) is 0 Å². The number of rotatable bonds is 4. The molecule has 0 aliphatic rings. The zero-order chi connectivity index (χ0) is 17.1. The Bertz CT molecular complexity index is 383. The maximum Gasteiger partial charge on any atom is 0.408 e. The first-order chi connectivity index (χ1) is 9.12. The molecule has 124 valence electrons. The van der Waals surface area contributed by atoms with Crippen molar-refractivity contribution >= 4 is 12.0 Å². The lowest BCUT2D eigenvalue weighted by atomic mass is 9.98. The number of nitrogens with one attached hydrogen (secondary N) is 2. The van der Waals surface area contributed by atoms with Crippen molar-refractivity contribution in [1.82, 2.24) is 10.6 Å². The molecule has 9 heteroatoms. The molecule has 0 rings (SSSR count). The Morgan fingerprint density at radius 2 is 1.62 bits per heavy atom. The molecule has 0 heterocycles. The molecule has 1 unspecified atom stereocenters. The molecule has 0 aromatic rings. The van der Waals surface area contributed by atoms with Gasteiger partial charge in [-0.3, -0.25) is 4.79 Å². The summed E-state index contributed by atoms with van der Waals surface area (Å²) >= 11 is 0. The minimum atomic E-state index is -4.59. The summed E-state index contributed by atoms with van der Waals surface area (Å²) in [5.74, 6) is -1.16. The van der Waals surface area contributed by atoms with Gasteiger partial charge in [0.15, 0.2) is 0 Å². The summed E-state index contributed by atoms with van der Waals surface area (Å²) in [5, 5.41) is 13.5. The third-order valence-electron chi connectivity index (χ3n) is 2.09. The smallest absolute Gasteiger partial charge is 0.408 e. The second kappa shape index (κ2) is 6.50. The number of carbonyl (C=O) groups is 2. The van der Waals surface area contributed by atoms with Crippen LogP contribution >= 0.6 is 0 Å². The lowest BCUT2D eigenvalue weighted by molar-refractivity contribution is -0.143. The number of hydrogen-bond donors (Lipinski definition) is 3. The van der Waals surface area contributed by atoms with E-state index in [1.54, 1.807) is 26.1 Å². The molecule has 0 fully saturated rings. The Balaban J connectivity index is 4.83. The van der Waals surface area contributed by atoms with E-state index in [2.05, 4.69) is 5.32 Å². The van der Waals surface area contributed by atoms with Gasteiger partial charge >= 0.3 is 12.3 Å². The summed E-state index contributed by atoms with van der Waals surface area (Å²) in [6, 6.07) is -1.59. The lowest BCUT2D eigenvalue weighted by Crippen LogP contribution is -2.59. The fraction of sp³-hybridized carbons (Fsp3) is 0.833. The van der Waals surface area contributed by atoms with Gasteiger partial charge in [-0.05, 0) is 34.6 Å². The number of alkyl halides is 3. The van der Waals surface area contributed by atoms with Crippen LogP contribution in [0.4, 0.5) is 18.0 Å². The van der Waals surface area contributed by atoms with E-state index in [4.69, 9.17) is 4.74 Å². The molecule has 0 radical (unpaired) electrons. The zero-order valence-electron chi connectivity index (χ0n) is 12.6. The van der Waals surface area contributed by atoms with E-state index in [9.17, 15) is 27.9 Å². The van der Waals surface area contributed by atoms with Gasteiger partial charge in [0, 0.05) is 0 Å². The lowest BCUT2D eigenvalue weighted by Gasteiger charge is -2.30. The van der Waals surface area contributed by atoms with E-state index < -0.39 is 42.0 Å². The van der Waals surface area contributed by atoms with Crippen LogP contribution < -0.4 is 10.6 Å². The maximum atomic E-state index is 12.1. The molecule has 6 nitrogen and oxygen atoms in total. The summed E-state index contributed by atoms with van der Waals surface area (Å²) < 4.78 is 41.1. The fourth-order valence-electron chi connectivity index (χ4n) is 1.28. The van der Waals surface area contributed by atoms with E-state index in [0.717, 1.165) is 0 Å². The van der Waals surface area contributed by atoms with Crippen molar-refractivity contribution in [2.75, 3.05) is 6.54 Å². The van der Waals surface area contributed by atoms with Gasteiger partial charge in [0.2, 0.25) is 5.91 Å². The molecule has 1 atom stereocenters. The normalized spacial score (nSPS) is 14.3. The van der Waals surface area contributed by atoms with E-state index >= 15 is 0 Å². The van der Waals surface area contributed by atoms with Crippen molar-refractivity contribution in [1.29, 1.82) is 0 Å². The fourth-order valence-corrected chi connectivity index (χ4v) is 1.28. The van der Waals surface area contributed by atoms with E-state index in [0.29, 0.717) is 0 Å². The molecule has 0 aliphatic carbocycles. The molecular formula is C12H21F3N2O4. The number of alkyl carbamates (subject to hydrolysis) is 1. The van der Waals surface area contributed by atoms with Gasteiger partial charge in [0.05, 0.1) is 5.60 Å². The molecule has 21 heavy (non-hydrogen) atoms. The number of aliphatic hydroxyl groups is 1. The second-order valence-corrected chi connectivity index (χ2v) is 6.07. The van der Waals surface area contributed by atoms with Crippen molar-refractivity contribution in [2.45, 2.75) is 58.0 Å². The molecule has 0 saturated heterocycles. The highest BCUT2D eigenvalue weighted by Gasteiger charge is 2.37. The molecule has 0 aliphatic heterocycles. The van der Waals surface area contributed by atoms with Crippen LogP contribution in [0.2, 0.25) is 0 Å². The van der Waals surface area contributed by atoms with Gasteiger partial charge < -0.3 is 20.5 Å². The number of amides is 2. The van der Waals surface area contributed by atoms with Gasteiger partial charge in [0.25, 0.3) is 0 Å². The van der Waals surface area contributed by atoms with Crippen molar-refractivity contribution in [2.24, 2.45) is 0 Å². The second-order valence-electron chi connectivity index (χ2n) is 6.07. The Morgan fingerprint density at radius 3 is 1.95 bits per heavy atom. The molecule has 3 N–H and O–H groups in total. The predicted molar refractivity (Wildman–Crippen MR) is 68.5 cm³/mol. The van der Waals surface area contributed by atoms with Crippen LogP contribution in [-0.2, 0) is 9.53 Å². The van der Waals surface area contributed by atoms with Gasteiger partial charge in [-0.25, -0.2) is 4.79 Å². The maximum absolute atomic E-state index is 12.1. The SMILES string of the molecule is CC(C)(C)OC(=O)NC(C(=O)NCC(F)(F)F)C(C)(C)O. The quantitative estimate of drug-likeness (QED) is 0.730. The monoisotopic (exact) mass is 314 g/mol. The van der Waals surface area contributed by atoms with Crippen LogP contribution in [0.15, 0.2) is 0 Å². The van der Waals surface area contributed by atoms with Crippen LogP contribution in [0, 0.1) is 0 Å². The standard InChI is InChI=1S/C12H21F3N2O4/c1-10(2,3)21-9(19)17-7(11(4,5)20)8(18)16-6-12(13,14)15/h7,20H,6H2,1-5H3,(H,16,18)(H,17,19). The molecule has 0 aromatic carbocycles. The highest BCUT2D eigenvalue weighted by atomic mass is 19.4. The Morgan fingerprint density at radius 1 is 1.14 bits per heavy atom. The third kappa shape index (κ3) is 9.11. The van der Waals surface area contributed by atoms with Crippen molar-refractivity contribution in [3.8, 4) is 0 Å². The van der Waals surface area contributed by atoms with Crippen LogP contribution in [-0.4, -0.2) is 47.1 Å². The highest BCUT2D eigenvalue weighted by Crippen LogP contribution is 2.14. The van der Waals surface area contributed by atoms with Crippen LogP contribution in [0.25, 0.3) is 0 Å². The number of carbonyl (C=O) groups excluding carboxylic acids is 2. The first-order valence-corrected chi connectivity index (χ1v) is 6.18. The molecule has 0 spiro atoms. The molecule has 0 aromatic heterocycles. The Kier molecular flexibility index (Phi) is 6.04. The number of hydrogen-bond acceptors (Lipinski definition) is 4. The zero-order valence-corrected chi connectivity index (χ0v) is 12.6. The summed E-state index contributed by atoms with van der Waals surface area (Å²) in [7, 11) is 0.